The summed E-state index contributed by atoms with van der Waals surface area (Å²) in [7, 11) is -1.75. The van der Waals surface area contributed by atoms with Crippen molar-refractivity contribution in [1.82, 2.24) is 0 Å². The van der Waals surface area contributed by atoms with Crippen molar-refractivity contribution >= 4 is 14.1 Å². The molecule has 16 heavy (non-hydrogen) atoms. The summed E-state index contributed by atoms with van der Waals surface area (Å²) in [6.07, 6.45) is 1.03. The number of rotatable bonds is 4. The second-order valence-corrected chi connectivity index (χ2v) is 12.1. The molecule has 0 spiro atoms. The minimum Gasteiger partial charge on any atom is -0.410 e. The van der Waals surface area contributed by atoms with Crippen LogP contribution in [0.25, 0.3) is 0 Å². The molecule has 2 nitrogen and oxygen atoms in total. The molecule has 0 aromatic rings. The summed E-state index contributed by atoms with van der Waals surface area (Å²) in [5, 5.41) is 0.187. The van der Waals surface area contributed by atoms with Crippen LogP contribution in [0.5, 0.6) is 0 Å². The van der Waals surface area contributed by atoms with Gasteiger partial charge in [-0.2, -0.15) is 0 Å². The Morgan fingerprint density at radius 3 is 2.12 bits per heavy atom. The monoisotopic (exact) mass is 242 g/mol. The average Bonchev–Trinajstić information content (AvgIpc) is 2.69. The molecule has 1 saturated carbocycles. The van der Waals surface area contributed by atoms with E-state index in [-0.39, 0.29) is 16.4 Å². The number of ketones is 1. The minimum absolute atomic E-state index is 0.187. The maximum atomic E-state index is 11.9. The Labute approximate surface area is 101 Å². The van der Waals surface area contributed by atoms with Crippen molar-refractivity contribution < 1.29 is 9.22 Å². The first-order chi connectivity index (χ1) is 6.97. The fraction of sp³-hybridized carbons (Fsp3) is 0.923. The lowest BCUT2D eigenvalue weighted by atomic mass is 10.1. The largest absolute Gasteiger partial charge is 0.410 e. The van der Waals surface area contributed by atoms with Crippen molar-refractivity contribution in [3.8, 4) is 0 Å². The molecule has 1 rings (SSSR count). The first-order valence-corrected chi connectivity index (χ1v) is 9.05. The summed E-state index contributed by atoms with van der Waals surface area (Å²) in [5.74, 6) is 0.548. The maximum absolute atomic E-state index is 11.9. The Balaban J connectivity index is 2.44. The van der Waals surface area contributed by atoms with Gasteiger partial charge < -0.3 is 4.43 Å². The first kappa shape index (κ1) is 13.9. The molecule has 0 saturated heterocycles. The highest BCUT2D eigenvalue weighted by Gasteiger charge is 2.50. The van der Waals surface area contributed by atoms with Crippen LogP contribution in [0.1, 0.15) is 41.0 Å². The standard InChI is InChI=1S/C13H26O2Si/c1-12(2,3)16(6,7)15-9-11(14)10-8-13(10,4)5/h10H,8-9H2,1-7H3. The van der Waals surface area contributed by atoms with Crippen molar-refractivity contribution in [3.05, 3.63) is 0 Å². The molecular weight excluding hydrogens is 216 g/mol. The Morgan fingerprint density at radius 2 is 1.81 bits per heavy atom. The minimum atomic E-state index is -1.75. The topological polar surface area (TPSA) is 26.3 Å². The maximum Gasteiger partial charge on any atom is 0.192 e. The van der Waals surface area contributed by atoms with Crippen LogP contribution in [0.15, 0.2) is 0 Å². The van der Waals surface area contributed by atoms with Gasteiger partial charge in [0.05, 0.1) is 6.61 Å². The van der Waals surface area contributed by atoms with Gasteiger partial charge in [0.15, 0.2) is 14.1 Å². The van der Waals surface area contributed by atoms with Crippen LogP contribution in [0.2, 0.25) is 18.1 Å². The van der Waals surface area contributed by atoms with E-state index in [0.29, 0.717) is 12.4 Å². The Morgan fingerprint density at radius 1 is 1.38 bits per heavy atom. The fourth-order valence-corrected chi connectivity index (χ4v) is 2.52. The molecule has 94 valence electrons. The van der Waals surface area contributed by atoms with Crippen LogP contribution >= 0.6 is 0 Å². The summed E-state index contributed by atoms with van der Waals surface area (Å²) < 4.78 is 5.94. The predicted octanol–water partition coefficient (Wildman–Crippen LogP) is 3.62. The summed E-state index contributed by atoms with van der Waals surface area (Å²) in [5.41, 5.74) is 0.230. The normalized spacial score (nSPS) is 24.3. The van der Waals surface area contributed by atoms with Crippen LogP contribution in [-0.2, 0) is 9.22 Å². The fourth-order valence-electron chi connectivity index (χ4n) is 1.59. The van der Waals surface area contributed by atoms with Crippen LogP contribution < -0.4 is 0 Å². The van der Waals surface area contributed by atoms with Crippen LogP contribution in [0.3, 0.4) is 0 Å². The van der Waals surface area contributed by atoms with Gasteiger partial charge in [-0.05, 0) is 30.0 Å². The molecule has 0 heterocycles. The van der Waals surface area contributed by atoms with E-state index in [1.807, 2.05) is 0 Å². The third kappa shape index (κ3) is 2.95. The Hall–Kier alpha value is -0.153. The van der Waals surface area contributed by atoms with Gasteiger partial charge in [-0.15, -0.1) is 0 Å². The van der Waals surface area contributed by atoms with Crippen molar-refractivity contribution in [2.75, 3.05) is 6.61 Å². The van der Waals surface area contributed by atoms with Gasteiger partial charge in [0.25, 0.3) is 0 Å². The lowest BCUT2D eigenvalue weighted by Crippen LogP contribution is -2.42. The molecule has 0 N–H and O–H groups in total. The van der Waals surface area contributed by atoms with E-state index < -0.39 is 8.32 Å². The molecule has 1 fully saturated rings. The molecule has 0 aliphatic heterocycles. The lowest BCUT2D eigenvalue weighted by molar-refractivity contribution is -0.123. The number of carbonyl (C=O) groups excluding carboxylic acids is 1. The first-order valence-electron chi connectivity index (χ1n) is 6.14. The van der Waals surface area contributed by atoms with Gasteiger partial charge in [-0.3, -0.25) is 4.79 Å². The van der Waals surface area contributed by atoms with Gasteiger partial charge in [-0.25, -0.2) is 0 Å². The van der Waals surface area contributed by atoms with Gasteiger partial charge in [-0.1, -0.05) is 34.6 Å². The summed E-state index contributed by atoms with van der Waals surface area (Å²) >= 11 is 0. The number of hydrogen-bond donors (Lipinski definition) is 0. The molecule has 1 atom stereocenters. The van der Waals surface area contributed by atoms with Crippen LogP contribution in [0, 0.1) is 11.3 Å². The van der Waals surface area contributed by atoms with Crippen molar-refractivity contribution in [2.45, 2.75) is 59.2 Å². The van der Waals surface area contributed by atoms with Gasteiger partial charge in [0.1, 0.15) is 0 Å². The molecule has 1 aliphatic rings. The molecule has 1 unspecified atom stereocenters. The number of hydrogen-bond acceptors (Lipinski definition) is 2. The second kappa shape index (κ2) is 3.95. The van der Waals surface area contributed by atoms with Crippen molar-refractivity contribution in [1.29, 1.82) is 0 Å². The highest BCUT2D eigenvalue weighted by molar-refractivity contribution is 6.74. The van der Waals surface area contributed by atoms with Crippen molar-refractivity contribution in [2.24, 2.45) is 11.3 Å². The van der Waals surface area contributed by atoms with E-state index in [4.69, 9.17) is 4.43 Å². The van der Waals surface area contributed by atoms with Gasteiger partial charge in [0.2, 0.25) is 0 Å². The quantitative estimate of drug-likeness (QED) is 0.704. The molecule has 0 radical (unpaired) electrons. The highest BCUT2D eigenvalue weighted by Crippen LogP contribution is 2.52. The zero-order valence-corrected chi connectivity index (χ0v) is 12.8. The molecule has 0 amide bonds. The molecule has 0 aromatic heterocycles. The summed E-state index contributed by atoms with van der Waals surface area (Å²) in [4.78, 5) is 11.9. The van der Waals surface area contributed by atoms with Gasteiger partial charge >= 0.3 is 0 Å². The average molecular weight is 242 g/mol. The van der Waals surface area contributed by atoms with E-state index >= 15 is 0 Å². The molecule has 0 bridgehead atoms. The zero-order valence-electron chi connectivity index (χ0n) is 11.8. The molecule has 3 heteroatoms. The van der Waals surface area contributed by atoms with Gasteiger partial charge in [0, 0.05) is 5.92 Å². The number of carbonyl (C=O) groups is 1. The Bertz CT molecular complexity index is 287. The molecule has 0 aromatic carbocycles. The Kier molecular flexibility index (Phi) is 3.43. The highest BCUT2D eigenvalue weighted by atomic mass is 28.4. The molecular formula is C13H26O2Si. The third-order valence-corrected chi connectivity index (χ3v) is 8.76. The summed E-state index contributed by atoms with van der Waals surface area (Å²) in [6.45, 7) is 15.6. The zero-order chi connectivity index (χ0) is 12.8. The van der Waals surface area contributed by atoms with E-state index in [2.05, 4.69) is 47.7 Å². The summed E-state index contributed by atoms with van der Waals surface area (Å²) in [6, 6.07) is 0. The van der Waals surface area contributed by atoms with E-state index in [0.717, 1.165) is 6.42 Å². The third-order valence-electron chi connectivity index (χ3n) is 4.28. The van der Waals surface area contributed by atoms with E-state index in [1.54, 1.807) is 0 Å². The van der Waals surface area contributed by atoms with Crippen molar-refractivity contribution in [3.63, 3.8) is 0 Å². The predicted molar refractivity (Wildman–Crippen MR) is 70.0 cm³/mol. The smallest absolute Gasteiger partial charge is 0.192 e. The SMILES string of the molecule is CC1(C)CC1C(=O)CO[Si](C)(C)C(C)(C)C. The number of Topliss-reactive ketones (excluding diaryl/α,β-unsaturated/α-hetero) is 1. The van der Waals surface area contributed by atoms with E-state index in [9.17, 15) is 4.79 Å². The lowest BCUT2D eigenvalue weighted by Gasteiger charge is -2.35. The van der Waals surface area contributed by atoms with Crippen LogP contribution in [0.4, 0.5) is 0 Å². The van der Waals surface area contributed by atoms with E-state index in [1.165, 1.54) is 0 Å². The second-order valence-electron chi connectivity index (χ2n) is 7.26. The molecule has 1 aliphatic carbocycles. The van der Waals surface area contributed by atoms with Crippen LogP contribution in [-0.4, -0.2) is 20.7 Å².